The normalized spacial score (nSPS) is 10.3. The van der Waals surface area contributed by atoms with Gasteiger partial charge >= 0.3 is 0 Å². The number of benzene rings is 2. The molecule has 0 saturated carbocycles. The molecule has 3 heteroatoms. The Bertz CT molecular complexity index is 598. The van der Waals surface area contributed by atoms with Crippen LogP contribution in [0.15, 0.2) is 36.4 Å². The van der Waals surface area contributed by atoms with Crippen molar-refractivity contribution in [1.82, 2.24) is 0 Å². The molecule has 0 radical (unpaired) electrons. The van der Waals surface area contributed by atoms with Crippen molar-refractivity contribution in [3.05, 3.63) is 58.7 Å². The fourth-order valence-corrected chi connectivity index (χ4v) is 1.81. The van der Waals surface area contributed by atoms with Crippen LogP contribution in [0.25, 0.3) is 0 Å². The average molecular weight is 242 g/mol. The molecule has 0 aromatic heterocycles. The lowest BCUT2D eigenvalue weighted by Crippen LogP contribution is -2.04. The van der Waals surface area contributed by atoms with E-state index in [0.717, 1.165) is 5.56 Å². The Morgan fingerprint density at radius 2 is 1.56 bits per heavy atom. The van der Waals surface area contributed by atoms with Gasteiger partial charge in [-0.05, 0) is 61.4 Å². The van der Waals surface area contributed by atoms with E-state index >= 15 is 0 Å². The molecule has 0 heterocycles. The van der Waals surface area contributed by atoms with Crippen LogP contribution in [0.4, 0.5) is 0 Å². The van der Waals surface area contributed by atoms with Crippen LogP contribution in [0.5, 0.6) is 11.5 Å². The maximum atomic E-state index is 12.3. The first-order valence-electron chi connectivity index (χ1n) is 5.63. The lowest BCUT2D eigenvalue weighted by atomic mass is 9.97. The fraction of sp³-hybridized carbons (Fsp3) is 0.133. The van der Waals surface area contributed by atoms with Gasteiger partial charge in [0.25, 0.3) is 0 Å². The van der Waals surface area contributed by atoms with Crippen LogP contribution in [0.2, 0.25) is 0 Å². The minimum absolute atomic E-state index is 0.115. The Kier molecular flexibility index (Phi) is 3.06. The zero-order valence-electron chi connectivity index (χ0n) is 10.3. The van der Waals surface area contributed by atoms with Gasteiger partial charge in [0.2, 0.25) is 0 Å². The van der Waals surface area contributed by atoms with Crippen LogP contribution in [-0.4, -0.2) is 16.0 Å². The Morgan fingerprint density at radius 3 is 2.17 bits per heavy atom. The van der Waals surface area contributed by atoms with Crippen LogP contribution in [-0.2, 0) is 0 Å². The molecule has 2 aromatic carbocycles. The lowest BCUT2D eigenvalue weighted by molar-refractivity contribution is 0.103. The average Bonchev–Trinajstić information content (AvgIpc) is 2.34. The zero-order valence-corrected chi connectivity index (χ0v) is 10.3. The predicted octanol–water partition coefficient (Wildman–Crippen LogP) is 2.95. The van der Waals surface area contributed by atoms with Crippen molar-refractivity contribution in [2.45, 2.75) is 13.8 Å². The van der Waals surface area contributed by atoms with Gasteiger partial charge in [-0.1, -0.05) is 0 Å². The topological polar surface area (TPSA) is 57.5 Å². The second-order valence-electron chi connectivity index (χ2n) is 4.33. The Morgan fingerprint density at radius 1 is 0.944 bits per heavy atom. The van der Waals surface area contributed by atoms with Crippen LogP contribution >= 0.6 is 0 Å². The van der Waals surface area contributed by atoms with E-state index in [1.807, 2.05) is 0 Å². The maximum absolute atomic E-state index is 12.3. The van der Waals surface area contributed by atoms with Crippen LogP contribution < -0.4 is 0 Å². The fourth-order valence-electron chi connectivity index (χ4n) is 1.81. The standard InChI is InChI=1S/C15H14O3/c1-9-8-14(17)10(2)7-13(9)15(18)11-3-5-12(16)6-4-11/h3-8,16-17H,1-2H3. The van der Waals surface area contributed by atoms with Gasteiger partial charge in [-0.2, -0.15) is 0 Å². The largest absolute Gasteiger partial charge is 0.508 e. The second-order valence-corrected chi connectivity index (χ2v) is 4.33. The van der Waals surface area contributed by atoms with Gasteiger partial charge in [-0.3, -0.25) is 4.79 Å². The van der Waals surface area contributed by atoms with E-state index in [4.69, 9.17) is 0 Å². The summed E-state index contributed by atoms with van der Waals surface area (Å²) in [6, 6.07) is 9.40. The van der Waals surface area contributed by atoms with Gasteiger partial charge < -0.3 is 10.2 Å². The number of aryl methyl sites for hydroxylation is 2. The summed E-state index contributed by atoms with van der Waals surface area (Å²) < 4.78 is 0. The highest BCUT2D eigenvalue weighted by atomic mass is 16.3. The summed E-state index contributed by atoms with van der Waals surface area (Å²) >= 11 is 0. The summed E-state index contributed by atoms with van der Waals surface area (Å²) in [5, 5.41) is 18.8. The van der Waals surface area contributed by atoms with Crippen molar-refractivity contribution in [1.29, 1.82) is 0 Å². The smallest absolute Gasteiger partial charge is 0.193 e. The maximum Gasteiger partial charge on any atom is 0.193 e. The molecule has 0 unspecified atom stereocenters. The Balaban J connectivity index is 2.46. The molecule has 92 valence electrons. The summed E-state index contributed by atoms with van der Waals surface area (Å²) in [5.74, 6) is 0.204. The molecule has 0 fully saturated rings. The van der Waals surface area contributed by atoms with Crippen molar-refractivity contribution in [3.8, 4) is 11.5 Å². The number of carbonyl (C=O) groups excluding carboxylic acids is 1. The third kappa shape index (κ3) is 2.20. The van der Waals surface area contributed by atoms with Crippen molar-refractivity contribution in [2.24, 2.45) is 0 Å². The highest BCUT2D eigenvalue weighted by Crippen LogP contribution is 2.23. The van der Waals surface area contributed by atoms with Crippen molar-refractivity contribution in [3.63, 3.8) is 0 Å². The van der Waals surface area contributed by atoms with E-state index in [0.29, 0.717) is 16.7 Å². The van der Waals surface area contributed by atoms with E-state index in [1.165, 1.54) is 12.1 Å². The number of carbonyl (C=O) groups is 1. The van der Waals surface area contributed by atoms with E-state index in [2.05, 4.69) is 0 Å². The number of hydrogen-bond acceptors (Lipinski definition) is 3. The molecular weight excluding hydrogens is 228 g/mol. The highest BCUT2D eigenvalue weighted by molar-refractivity contribution is 6.10. The number of phenolic OH excluding ortho intramolecular Hbond substituents is 2. The summed E-state index contributed by atoms with van der Waals surface area (Å²) in [5.41, 5.74) is 2.48. The molecule has 0 aliphatic heterocycles. The van der Waals surface area contributed by atoms with Gasteiger partial charge in [0, 0.05) is 11.1 Å². The molecule has 0 amide bonds. The minimum Gasteiger partial charge on any atom is -0.508 e. The summed E-state index contributed by atoms with van der Waals surface area (Å²) in [7, 11) is 0. The second kappa shape index (κ2) is 4.53. The molecular formula is C15H14O3. The lowest BCUT2D eigenvalue weighted by Gasteiger charge is -2.08. The third-order valence-corrected chi connectivity index (χ3v) is 2.92. The first-order chi connectivity index (χ1) is 8.49. The molecule has 0 bridgehead atoms. The van der Waals surface area contributed by atoms with Gasteiger partial charge in [-0.15, -0.1) is 0 Å². The van der Waals surface area contributed by atoms with Crippen molar-refractivity contribution in [2.75, 3.05) is 0 Å². The number of hydrogen-bond donors (Lipinski definition) is 2. The quantitative estimate of drug-likeness (QED) is 0.796. The molecule has 0 spiro atoms. The van der Waals surface area contributed by atoms with Crippen molar-refractivity contribution < 1.29 is 15.0 Å². The molecule has 0 aliphatic rings. The first-order valence-corrected chi connectivity index (χ1v) is 5.63. The van der Waals surface area contributed by atoms with Crippen LogP contribution in [0, 0.1) is 13.8 Å². The Labute approximate surface area is 105 Å². The van der Waals surface area contributed by atoms with E-state index in [9.17, 15) is 15.0 Å². The number of rotatable bonds is 2. The van der Waals surface area contributed by atoms with Gasteiger partial charge in [0.05, 0.1) is 0 Å². The van der Waals surface area contributed by atoms with Gasteiger partial charge in [-0.25, -0.2) is 0 Å². The monoisotopic (exact) mass is 242 g/mol. The molecule has 0 atom stereocenters. The van der Waals surface area contributed by atoms with E-state index in [-0.39, 0.29) is 17.3 Å². The zero-order chi connectivity index (χ0) is 13.3. The molecule has 3 nitrogen and oxygen atoms in total. The molecule has 2 rings (SSSR count). The molecule has 2 N–H and O–H groups in total. The molecule has 0 aliphatic carbocycles. The van der Waals surface area contributed by atoms with Gasteiger partial charge in [0.15, 0.2) is 5.78 Å². The SMILES string of the molecule is Cc1cc(C(=O)c2ccc(O)cc2)c(C)cc1O. The highest BCUT2D eigenvalue weighted by Gasteiger charge is 2.13. The predicted molar refractivity (Wildman–Crippen MR) is 69.1 cm³/mol. The minimum atomic E-state index is -0.115. The molecule has 2 aromatic rings. The Hall–Kier alpha value is -2.29. The van der Waals surface area contributed by atoms with Gasteiger partial charge in [0.1, 0.15) is 11.5 Å². The number of phenols is 2. The number of aromatic hydroxyl groups is 2. The summed E-state index contributed by atoms with van der Waals surface area (Å²) in [6.07, 6.45) is 0. The first kappa shape index (κ1) is 12.2. The molecule has 0 saturated heterocycles. The molecule has 18 heavy (non-hydrogen) atoms. The van der Waals surface area contributed by atoms with Crippen LogP contribution in [0.1, 0.15) is 27.0 Å². The van der Waals surface area contributed by atoms with E-state index in [1.54, 1.807) is 38.1 Å². The summed E-state index contributed by atoms with van der Waals surface area (Å²) in [4.78, 5) is 12.3. The summed E-state index contributed by atoms with van der Waals surface area (Å²) in [6.45, 7) is 3.54. The number of ketones is 1. The van der Waals surface area contributed by atoms with Crippen LogP contribution in [0.3, 0.4) is 0 Å². The van der Waals surface area contributed by atoms with E-state index < -0.39 is 0 Å². The third-order valence-electron chi connectivity index (χ3n) is 2.92. The van der Waals surface area contributed by atoms with Crippen molar-refractivity contribution >= 4 is 5.78 Å².